The van der Waals surface area contributed by atoms with Gasteiger partial charge in [0.2, 0.25) is 0 Å². The van der Waals surface area contributed by atoms with Crippen molar-refractivity contribution in [1.29, 1.82) is 0 Å². The molecule has 0 spiro atoms. The van der Waals surface area contributed by atoms with Gasteiger partial charge in [0.15, 0.2) is 0 Å². The van der Waals surface area contributed by atoms with Crippen molar-refractivity contribution in [3.63, 3.8) is 0 Å². The van der Waals surface area contributed by atoms with Gasteiger partial charge in [-0.2, -0.15) is 0 Å². The van der Waals surface area contributed by atoms with Crippen molar-refractivity contribution >= 4 is 28.6 Å². The van der Waals surface area contributed by atoms with Crippen LogP contribution in [0.4, 0.5) is 15.8 Å². The molecular weight excluding hydrogens is 249 g/mol. The van der Waals surface area contributed by atoms with E-state index in [9.17, 15) is 4.39 Å². The molecule has 0 aliphatic heterocycles. The topological polar surface area (TPSA) is 50.9 Å². The summed E-state index contributed by atoms with van der Waals surface area (Å²) < 4.78 is 13.2. The summed E-state index contributed by atoms with van der Waals surface area (Å²) in [5, 5.41) is 3.07. The van der Waals surface area contributed by atoms with Crippen molar-refractivity contribution < 1.29 is 4.39 Å². The lowest BCUT2D eigenvalue weighted by atomic mass is 10.2. The number of hydrogen-bond donors (Lipinski definition) is 2. The lowest BCUT2D eigenvalue weighted by Crippen LogP contribution is -2.11. The van der Waals surface area contributed by atoms with Gasteiger partial charge in [0.1, 0.15) is 10.8 Å². The summed E-state index contributed by atoms with van der Waals surface area (Å²) in [6.07, 6.45) is 1.61. The van der Waals surface area contributed by atoms with Crippen molar-refractivity contribution in [3.8, 4) is 0 Å². The van der Waals surface area contributed by atoms with Crippen molar-refractivity contribution in [2.45, 2.75) is 6.92 Å². The number of hydrogen-bond acceptors (Lipinski definition) is 3. The molecule has 2 aromatic rings. The zero-order valence-corrected chi connectivity index (χ0v) is 10.6. The van der Waals surface area contributed by atoms with Crippen LogP contribution in [0.3, 0.4) is 0 Å². The Morgan fingerprint density at radius 3 is 2.61 bits per heavy atom. The lowest BCUT2D eigenvalue weighted by molar-refractivity contribution is 0.627. The molecule has 0 bridgehead atoms. The van der Waals surface area contributed by atoms with Gasteiger partial charge in [0.25, 0.3) is 0 Å². The van der Waals surface area contributed by atoms with Crippen LogP contribution < -0.4 is 11.1 Å². The first-order chi connectivity index (χ1) is 8.54. The average molecular weight is 261 g/mol. The second-order valence-electron chi connectivity index (χ2n) is 3.94. The Labute approximate surface area is 110 Å². The molecule has 0 saturated carbocycles. The zero-order valence-electron chi connectivity index (χ0n) is 9.77. The van der Waals surface area contributed by atoms with E-state index in [1.165, 1.54) is 12.1 Å². The molecule has 3 nitrogen and oxygen atoms in total. The van der Waals surface area contributed by atoms with Crippen LogP contribution in [0.1, 0.15) is 11.3 Å². The molecule has 1 heterocycles. The number of nitrogens with two attached hydrogens (primary N) is 1. The number of nitrogens with one attached hydrogen (secondary N) is 1. The molecule has 1 aromatic heterocycles. The lowest BCUT2D eigenvalue weighted by Gasteiger charge is -2.07. The van der Waals surface area contributed by atoms with Gasteiger partial charge in [0, 0.05) is 5.69 Å². The maximum absolute atomic E-state index is 13.2. The van der Waals surface area contributed by atoms with E-state index in [1.54, 1.807) is 18.3 Å². The Hall–Kier alpha value is -2.01. The molecular formula is C13H12FN3S. The summed E-state index contributed by atoms with van der Waals surface area (Å²) in [6, 6.07) is 8.26. The third kappa shape index (κ3) is 3.01. The second kappa shape index (κ2) is 5.10. The quantitative estimate of drug-likeness (QED) is 0.834. The normalized spacial score (nSPS) is 10.1. The fraction of sp³-hybridized carbons (Fsp3) is 0.0769. The minimum Gasteiger partial charge on any atom is -0.388 e. The van der Waals surface area contributed by atoms with Gasteiger partial charge in [-0.05, 0) is 42.8 Å². The van der Waals surface area contributed by atoms with Crippen LogP contribution >= 0.6 is 12.2 Å². The number of aryl methyl sites for hydroxylation is 1. The number of nitrogens with zero attached hydrogens (tertiary/aromatic N) is 1. The molecule has 0 amide bonds. The average Bonchev–Trinajstić information content (AvgIpc) is 2.28. The summed E-state index contributed by atoms with van der Waals surface area (Å²) in [4.78, 5) is 4.35. The van der Waals surface area contributed by atoms with Gasteiger partial charge in [-0.3, -0.25) is 4.98 Å². The van der Waals surface area contributed by atoms with Crippen molar-refractivity contribution in [3.05, 3.63) is 53.6 Å². The first kappa shape index (κ1) is 12.4. The predicted molar refractivity (Wildman–Crippen MR) is 74.5 cm³/mol. The van der Waals surface area contributed by atoms with Crippen LogP contribution in [0.5, 0.6) is 0 Å². The van der Waals surface area contributed by atoms with E-state index >= 15 is 0 Å². The standard InChI is InChI=1S/C13H12FN3S/c1-8-4-9(14)6-11(5-8)17-10-2-3-12(13(15)18)16-7-10/h2-7,17H,1H3,(H2,15,18). The van der Waals surface area contributed by atoms with Crippen molar-refractivity contribution in [2.75, 3.05) is 5.32 Å². The van der Waals surface area contributed by atoms with Crippen LogP contribution in [0.25, 0.3) is 0 Å². The number of aromatic nitrogens is 1. The maximum Gasteiger partial charge on any atom is 0.125 e. The summed E-state index contributed by atoms with van der Waals surface area (Å²) >= 11 is 4.81. The third-order valence-corrected chi connectivity index (χ3v) is 2.56. The highest BCUT2D eigenvalue weighted by molar-refractivity contribution is 7.80. The highest BCUT2D eigenvalue weighted by Crippen LogP contribution is 2.18. The van der Waals surface area contributed by atoms with Crippen LogP contribution in [-0.2, 0) is 0 Å². The number of anilines is 2. The van der Waals surface area contributed by atoms with Crippen molar-refractivity contribution in [2.24, 2.45) is 5.73 Å². The number of benzene rings is 1. The maximum atomic E-state index is 13.2. The van der Waals surface area contributed by atoms with Gasteiger partial charge in [-0.1, -0.05) is 12.2 Å². The third-order valence-electron chi connectivity index (χ3n) is 2.35. The Morgan fingerprint density at radius 1 is 1.28 bits per heavy atom. The van der Waals surface area contributed by atoms with Crippen molar-refractivity contribution in [1.82, 2.24) is 4.98 Å². The second-order valence-corrected chi connectivity index (χ2v) is 4.38. The molecule has 0 saturated heterocycles. The Balaban J connectivity index is 2.20. The fourth-order valence-corrected chi connectivity index (χ4v) is 1.71. The molecule has 5 heteroatoms. The van der Waals surface area contributed by atoms with E-state index in [2.05, 4.69) is 10.3 Å². The van der Waals surface area contributed by atoms with E-state index in [-0.39, 0.29) is 10.8 Å². The first-order valence-electron chi connectivity index (χ1n) is 5.34. The van der Waals surface area contributed by atoms with Crippen LogP contribution in [0.15, 0.2) is 36.5 Å². The van der Waals surface area contributed by atoms with E-state index < -0.39 is 0 Å². The van der Waals surface area contributed by atoms with E-state index in [1.807, 2.05) is 13.0 Å². The highest BCUT2D eigenvalue weighted by atomic mass is 32.1. The molecule has 3 N–H and O–H groups in total. The molecule has 0 atom stereocenters. The minimum absolute atomic E-state index is 0.253. The summed E-state index contributed by atoms with van der Waals surface area (Å²) in [5.41, 5.74) is 8.30. The van der Waals surface area contributed by atoms with E-state index in [4.69, 9.17) is 18.0 Å². The predicted octanol–water partition coefficient (Wildman–Crippen LogP) is 2.91. The number of rotatable bonds is 3. The van der Waals surface area contributed by atoms with Gasteiger partial charge in [0.05, 0.1) is 17.6 Å². The first-order valence-corrected chi connectivity index (χ1v) is 5.75. The van der Waals surface area contributed by atoms with E-state index in [0.717, 1.165) is 11.3 Å². The SMILES string of the molecule is Cc1cc(F)cc(Nc2ccc(C(N)=S)nc2)c1. The van der Waals surface area contributed by atoms with Gasteiger partial charge in [-0.15, -0.1) is 0 Å². The zero-order chi connectivity index (χ0) is 13.1. The molecule has 0 aliphatic rings. The van der Waals surface area contributed by atoms with E-state index in [0.29, 0.717) is 11.4 Å². The van der Waals surface area contributed by atoms with Crippen LogP contribution in [-0.4, -0.2) is 9.97 Å². The monoisotopic (exact) mass is 261 g/mol. The smallest absolute Gasteiger partial charge is 0.125 e. The molecule has 1 aromatic carbocycles. The molecule has 0 unspecified atom stereocenters. The Morgan fingerprint density at radius 2 is 2.06 bits per heavy atom. The van der Waals surface area contributed by atoms with Gasteiger partial charge < -0.3 is 11.1 Å². The van der Waals surface area contributed by atoms with Crippen LogP contribution in [0.2, 0.25) is 0 Å². The number of thiocarbonyl (C=S) groups is 1. The fourth-order valence-electron chi connectivity index (χ4n) is 1.59. The number of halogens is 1. The highest BCUT2D eigenvalue weighted by Gasteiger charge is 2.01. The van der Waals surface area contributed by atoms with Gasteiger partial charge >= 0.3 is 0 Å². The molecule has 18 heavy (non-hydrogen) atoms. The molecule has 0 fully saturated rings. The molecule has 92 valence electrons. The molecule has 2 rings (SSSR count). The summed E-state index contributed by atoms with van der Waals surface area (Å²) in [5.74, 6) is -0.273. The summed E-state index contributed by atoms with van der Waals surface area (Å²) in [7, 11) is 0. The summed E-state index contributed by atoms with van der Waals surface area (Å²) in [6.45, 7) is 1.84. The Kier molecular flexibility index (Phi) is 3.53. The minimum atomic E-state index is -0.273. The Bertz CT molecular complexity index is 561. The largest absolute Gasteiger partial charge is 0.388 e. The van der Waals surface area contributed by atoms with Crippen LogP contribution in [0, 0.1) is 12.7 Å². The molecule has 0 radical (unpaired) electrons. The van der Waals surface area contributed by atoms with Gasteiger partial charge in [-0.25, -0.2) is 4.39 Å². The molecule has 0 aliphatic carbocycles. The number of pyridine rings is 1.